The second-order valence-electron chi connectivity index (χ2n) is 10.8. The number of morpholine rings is 1. The fourth-order valence-electron chi connectivity index (χ4n) is 7.60. The number of hydrogen-bond donors (Lipinski definition) is 0. The molecule has 31 heavy (non-hydrogen) atoms. The minimum absolute atomic E-state index is 0.336. The minimum Gasteiger partial charge on any atom is -0.378 e. The topological polar surface area (TPSA) is 61.8 Å². The van der Waals surface area contributed by atoms with Gasteiger partial charge in [-0.1, -0.05) is 0 Å². The number of carbonyl (C=O) groups is 1. The van der Waals surface area contributed by atoms with Crippen LogP contribution in [0.4, 0.5) is 11.6 Å². The van der Waals surface area contributed by atoms with E-state index in [1.807, 2.05) is 0 Å². The molecule has 4 bridgehead atoms. The fraction of sp³-hybridized carbons (Fsp3) is 0.792. The van der Waals surface area contributed by atoms with Gasteiger partial charge in [0, 0.05) is 51.8 Å². The molecule has 2 saturated heterocycles. The lowest BCUT2D eigenvalue weighted by molar-refractivity contribution is -0.139. The molecule has 0 N–H and O–H groups in total. The number of rotatable bonds is 4. The average molecular weight is 426 g/mol. The fourth-order valence-corrected chi connectivity index (χ4v) is 7.60. The first-order valence-electron chi connectivity index (χ1n) is 12.3. The Hall–Kier alpha value is -1.89. The van der Waals surface area contributed by atoms with E-state index in [1.165, 1.54) is 38.5 Å². The van der Waals surface area contributed by atoms with Crippen LogP contribution in [-0.2, 0) is 9.53 Å². The first-order valence-corrected chi connectivity index (χ1v) is 12.3. The second kappa shape index (κ2) is 7.91. The summed E-state index contributed by atoms with van der Waals surface area (Å²) in [4.78, 5) is 28.9. The van der Waals surface area contributed by atoms with Crippen molar-refractivity contribution in [2.75, 3.05) is 62.3 Å². The lowest BCUT2D eigenvalue weighted by atomic mass is 9.49. The molecule has 7 nitrogen and oxygen atoms in total. The van der Waals surface area contributed by atoms with E-state index in [4.69, 9.17) is 4.74 Å². The number of piperazine rings is 1. The lowest BCUT2D eigenvalue weighted by Gasteiger charge is -2.57. The molecule has 7 rings (SSSR count). The summed E-state index contributed by atoms with van der Waals surface area (Å²) in [5.74, 6) is 5.09. The molecule has 0 spiro atoms. The summed E-state index contributed by atoms with van der Waals surface area (Å²) in [5.41, 5.74) is 0.336. The highest BCUT2D eigenvalue weighted by atomic mass is 16.5. The quantitative estimate of drug-likeness (QED) is 0.739. The molecule has 0 atom stereocenters. The molecule has 6 aliphatic rings. The summed E-state index contributed by atoms with van der Waals surface area (Å²) in [6.45, 7) is 6.59. The van der Waals surface area contributed by atoms with Gasteiger partial charge in [0.2, 0.25) is 5.91 Å². The lowest BCUT2D eigenvalue weighted by Crippen LogP contribution is -2.52. The molecule has 3 heterocycles. The van der Waals surface area contributed by atoms with E-state index in [0.717, 1.165) is 88.3 Å². The normalized spacial score (nSPS) is 35.0. The van der Waals surface area contributed by atoms with E-state index >= 15 is 0 Å². The van der Waals surface area contributed by atoms with Gasteiger partial charge in [0.1, 0.15) is 18.0 Å². The number of nitrogens with zero attached hydrogens (tertiary/aromatic N) is 5. The molecular weight excluding hydrogens is 390 g/mol. The maximum atomic E-state index is 13.2. The van der Waals surface area contributed by atoms with Crippen molar-refractivity contribution in [2.45, 2.75) is 44.9 Å². The first-order chi connectivity index (χ1) is 15.2. The number of amides is 1. The summed E-state index contributed by atoms with van der Waals surface area (Å²) >= 11 is 0. The van der Waals surface area contributed by atoms with Gasteiger partial charge in [-0.15, -0.1) is 0 Å². The van der Waals surface area contributed by atoms with E-state index in [-0.39, 0.29) is 0 Å². The van der Waals surface area contributed by atoms with Gasteiger partial charge in [-0.25, -0.2) is 9.97 Å². The Bertz CT molecular complexity index is 781. The van der Waals surface area contributed by atoms with Crippen LogP contribution in [0.25, 0.3) is 0 Å². The second-order valence-corrected chi connectivity index (χ2v) is 10.8. The predicted molar refractivity (Wildman–Crippen MR) is 119 cm³/mol. The van der Waals surface area contributed by atoms with Crippen LogP contribution in [0.2, 0.25) is 0 Å². The zero-order valence-electron chi connectivity index (χ0n) is 18.5. The Balaban J connectivity index is 1.06. The number of aromatic nitrogens is 2. The molecular formula is C24H35N5O2. The Labute approximate surface area is 185 Å². The molecule has 4 saturated carbocycles. The first kappa shape index (κ1) is 19.8. The van der Waals surface area contributed by atoms with Gasteiger partial charge in [0.25, 0.3) is 0 Å². The number of carbonyl (C=O) groups excluding carboxylic acids is 1. The predicted octanol–water partition coefficient (Wildman–Crippen LogP) is 2.57. The molecule has 0 radical (unpaired) electrons. The van der Waals surface area contributed by atoms with Crippen molar-refractivity contribution in [1.29, 1.82) is 0 Å². The summed E-state index contributed by atoms with van der Waals surface area (Å²) in [5, 5.41) is 0. The average Bonchev–Trinajstić information content (AvgIpc) is 2.79. The monoisotopic (exact) mass is 425 g/mol. The largest absolute Gasteiger partial charge is 0.378 e. The maximum Gasteiger partial charge on any atom is 0.223 e. The zero-order chi connectivity index (χ0) is 20.8. The molecule has 168 valence electrons. The number of hydrogen-bond acceptors (Lipinski definition) is 6. The Kier molecular flexibility index (Phi) is 5.04. The molecule has 1 aromatic heterocycles. The van der Waals surface area contributed by atoms with Crippen LogP contribution in [-0.4, -0.2) is 73.3 Å². The highest BCUT2D eigenvalue weighted by molar-refractivity contribution is 5.77. The highest BCUT2D eigenvalue weighted by Crippen LogP contribution is 2.61. The van der Waals surface area contributed by atoms with E-state index in [1.54, 1.807) is 6.33 Å². The van der Waals surface area contributed by atoms with Crippen LogP contribution >= 0.6 is 0 Å². The van der Waals surface area contributed by atoms with E-state index < -0.39 is 0 Å². The summed E-state index contributed by atoms with van der Waals surface area (Å²) in [6, 6.07) is 2.10. The minimum atomic E-state index is 0.336. The smallest absolute Gasteiger partial charge is 0.223 e. The SMILES string of the molecule is O=C(CC12CC3CC(CC(C3)C1)C2)N1CCN(c2cc(N3CCOCC3)ncn2)CC1. The van der Waals surface area contributed by atoms with E-state index in [2.05, 4.69) is 30.7 Å². The third kappa shape index (κ3) is 3.90. The Morgan fingerprint density at radius 2 is 1.42 bits per heavy atom. The highest BCUT2D eigenvalue weighted by Gasteiger charge is 2.51. The van der Waals surface area contributed by atoms with Crippen molar-refractivity contribution < 1.29 is 9.53 Å². The van der Waals surface area contributed by atoms with Crippen LogP contribution in [0, 0.1) is 23.2 Å². The van der Waals surface area contributed by atoms with E-state index in [0.29, 0.717) is 11.3 Å². The van der Waals surface area contributed by atoms with Crippen LogP contribution in [0.5, 0.6) is 0 Å². The Morgan fingerprint density at radius 1 is 0.871 bits per heavy atom. The molecule has 1 amide bonds. The van der Waals surface area contributed by atoms with E-state index in [9.17, 15) is 4.79 Å². The summed E-state index contributed by atoms with van der Waals surface area (Å²) in [7, 11) is 0. The number of anilines is 2. The van der Waals surface area contributed by atoms with Gasteiger partial charge in [-0.3, -0.25) is 4.79 Å². The van der Waals surface area contributed by atoms with Crippen molar-refractivity contribution in [2.24, 2.45) is 23.2 Å². The van der Waals surface area contributed by atoms with Gasteiger partial charge < -0.3 is 19.4 Å². The van der Waals surface area contributed by atoms with Crippen LogP contribution in [0.1, 0.15) is 44.9 Å². The molecule has 0 unspecified atom stereocenters. The third-order valence-electron chi connectivity index (χ3n) is 8.62. The maximum absolute atomic E-state index is 13.2. The van der Waals surface area contributed by atoms with Crippen LogP contribution in [0.15, 0.2) is 12.4 Å². The Morgan fingerprint density at radius 3 is 2.00 bits per heavy atom. The molecule has 4 aliphatic carbocycles. The molecule has 6 fully saturated rings. The molecule has 7 heteroatoms. The zero-order valence-corrected chi connectivity index (χ0v) is 18.5. The molecule has 1 aromatic rings. The standard InChI is InChI=1S/C24H35N5O2/c30-23(16-24-13-18-9-19(14-24)11-20(10-18)15-24)29-3-1-27(2-4-29)21-12-22(26-17-25-21)28-5-7-31-8-6-28/h12,17-20H,1-11,13-16H2. The van der Waals surface area contributed by atoms with Crippen molar-refractivity contribution in [3.05, 3.63) is 12.4 Å². The molecule has 0 aromatic carbocycles. The van der Waals surface area contributed by atoms with Gasteiger partial charge in [-0.05, 0) is 61.7 Å². The van der Waals surface area contributed by atoms with Crippen molar-refractivity contribution in [1.82, 2.24) is 14.9 Å². The summed E-state index contributed by atoms with van der Waals surface area (Å²) in [6.07, 6.45) is 10.7. The van der Waals surface area contributed by atoms with Crippen molar-refractivity contribution in [3.8, 4) is 0 Å². The summed E-state index contributed by atoms with van der Waals surface area (Å²) < 4.78 is 5.46. The number of ether oxygens (including phenoxy) is 1. The molecule has 2 aliphatic heterocycles. The van der Waals surface area contributed by atoms with Gasteiger partial charge in [0.15, 0.2) is 0 Å². The van der Waals surface area contributed by atoms with Gasteiger partial charge in [-0.2, -0.15) is 0 Å². The van der Waals surface area contributed by atoms with Crippen molar-refractivity contribution in [3.63, 3.8) is 0 Å². The third-order valence-corrected chi connectivity index (χ3v) is 8.62. The van der Waals surface area contributed by atoms with Crippen molar-refractivity contribution >= 4 is 17.5 Å². The van der Waals surface area contributed by atoms with Gasteiger partial charge >= 0.3 is 0 Å². The van der Waals surface area contributed by atoms with Crippen LogP contribution < -0.4 is 9.80 Å². The van der Waals surface area contributed by atoms with Crippen LogP contribution in [0.3, 0.4) is 0 Å². The van der Waals surface area contributed by atoms with Gasteiger partial charge in [0.05, 0.1) is 13.2 Å².